The van der Waals surface area contributed by atoms with E-state index in [1.54, 1.807) is 0 Å². The minimum absolute atomic E-state index is 0.145. The molecule has 1 aliphatic carbocycles. The van der Waals surface area contributed by atoms with E-state index in [0.29, 0.717) is 5.92 Å². The first-order chi connectivity index (χ1) is 4.22. The molecule has 0 spiro atoms. The smallest absolute Gasteiger partial charge is 0.0580 e. The highest BCUT2D eigenvalue weighted by Crippen LogP contribution is 2.22. The molecule has 0 aromatic carbocycles. The van der Waals surface area contributed by atoms with Gasteiger partial charge in [-0.05, 0) is 25.2 Å². The topological polar surface area (TPSA) is 46.2 Å². The third-order valence-electron chi connectivity index (χ3n) is 2.32. The monoisotopic (exact) mass is 129 g/mol. The lowest BCUT2D eigenvalue weighted by molar-refractivity contribution is 0.0671. The molecule has 3 N–H and O–H groups in total. The van der Waals surface area contributed by atoms with Crippen LogP contribution in [0.3, 0.4) is 0 Å². The van der Waals surface area contributed by atoms with Crippen molar-refractivity contribution in [3.05, 3.63) is 0 Å². The van der Waals surface area contributed by atoms with E-state index in [1.807, 2.05) is 6.92 Å². The van der Waals surface area contributed by atoms with Crippen LogP contribution in [0.15, 0.2) is 0 Å². The van der Waals surface area contributed by atoms with Gasteiger partial charge in [-0.3, -0.25) is 0 Å². The second-order valence-corrected chi connectivity index (χ2v) is 3.02. The van der Waals surface area contributed by atoms with Crippen LogP contribution in [0.2, 0.25) is 0 Å². The first kappa shape index (κ1) is 7.03. The summed E-state index contributed by atoms with van der Waals surface area (Å²) in [7, 11) is 0. The van der Waals surface area contributed by atoms with Crippen molar-refractivity contribution < 1.29 is 5.11 Å². The lowest BCUT2D eigenvalue weighted by Gasteiger charge is -2.29. The summed E-state index contributed by atoms with van der Waals surface area (Å²) < 4.78 is 0. The molecule has 1 rings (SSSR count). The Hall–Kier alpha value is -0.0800. The first-order valence-corrected chi connectivity index (χ1v) is 3.65. The van der Waals surface area contributed by atoms with Crippen LogP contribution in [0.25, 0.3) is 0 Å². The SMILES string of the molecule is CC1C(N)CCCC1O. The quantitative estimate of drug-likeness (QED) is 0.500. The van der Waals surface area contributed by atoms with Crippen LogP contribution in [0.1, 0.15) is 26.2 Å². The van der Waals surface area contributed by atoms with Crippen molar-refractivity contribution in [2.45, 2.75) is 38.3 Å². The summed E-state index contributed by atoms with van der Waals surface area (Å²) in [5.74, 6) is 0.304. The molecule has 0 amide bonds. The second-order valence-electron chi connectivity index (χ2n) is 3.02. The Morgan fingerprint density at radius 2 is 2.11 bits per heavy atom. The first-order valence-electron chi connectivity index (χ1n) is 3.65. The van der Waals surface area contributed by atoms with Gasteiger partial charge in [0, 0.05) is 6.04 Å². The zero-order chi connectivity index (χ0) is 6.85. The minimum Gasteiger partial charge on any atom is -0.393 e. The number of aliphatic hydroxyl groups excluding tert-OH is 1. The van der Waals surface area contributed by atoms with E-state index >= 15 is 0 Å². The van der Waals surface area contributed by atoms with E-state index in [2.05, 4.69) is 0 Å². The van der Waals surface area contributed by atoms with Crippen LogP contribution in [-0.4, -0.2) is 17.3 Å². The number of rotatable bonds is 0. The van der Waals surface area contributed by atoms with Crippen molar-refractivity contribution >= 4 is 0 Å². The van der Waals surface area contributed by atoms with Crippen molar-refractivity contribution in [2.24, 2.45) is 11.7 Å². The maximum absolute atomic E-state index is 9.27. The van der Waals surface area contributed by atoms with Gasteiger partial charge in [-0.25, -0.2) is 0 Å². The van der Waals surface area contributed by atoms with Crippen LogP contribution in [0.4, 0.5) is 0 Å². The zero-order valence-corrected chi connectivity index (χ0v) is 5.88. The molecular weight excluding hydrogens is 114 g/mol. The molecule has 0 aliphatic heterocycles. The Morgan fingerprint density at radius 3 is 2.56 bits per heavy atom. The molecule has 54 valence electrons. The fourth-order valence-corrected chi connectivity index (χ4v) is 1.37. The van der Waals surface area contributed by atoms with E-state index in [4.69, 9.17) is 5.73 Å². The molecule has 2 heteroatoms. The maximum Gasteiger partial charge on any atom is 0.0580 e. The molecule has 0 bridgehead atoms. The van der Waals surface area contributed by atoms with Crippen molar-refractivity contribution in [1.82, 2.24) is 0 Å². The van der Waals surface area contributed by atoms with E-state index < -0.39 is 0 Å². The fraction of sp³-hybridized carbons (Fsp3) is 1.00. The van der Waals surface area contributed by atoms with Gasteiger partial charge in [-0.1, -0.05) is 6.92 Å². The average molecular weight is 129 g/mol. The summed E-state index contributed by atoms with van der Waals surface area (Å²) in [6, 6.07) is 0.230. The molecular formula is C7H15NO. The van der Waals surface area contributed by atoms with Gasteiger partial charge in [0.25, 0.3) is 0 Å². The van der Waals surface area contributed by atoms with Crippen molar-refractivity contribution in [2.75, 3.05) is 0 Å². The normalized spacial score (nSPS) is 45.0. The minimum atomic E-state index is -0.145. The standard InChI is InChI=1S/C7H15NO/c1-5-6(8)3-2-4-7(5)9/h5-7,9H,2-4,8H2,1H3. The van der Waals surface area contributed by atoms with Crippen LogP contribution in [0.5, 0.6) is 0 Å². The molecule has 0 heterocycles. The molecule has 1 saturated carbocycles. The van der Waals surface area contributed by atoms with Gasteiger partial charge >= 0.3 is 0 Å². The van der Waals surface area contributed by atoms with Crippen molar-refractivity contribution in [3.63, 3.8) is 0 Å². The number of aliphatic hydroxyl groups is 1. The van der Waals surface area contributed by atoms with Crippen LogP contribution >= 0.6 is 0 Å². The zero-order valence-electron chi connectivity index (χ0n) is 5.88. The van der Waals surface area contributed by atoms with Crippen molar-refractivity contribution in [3.8, 4) is 0 Å². The Balaban J connectivity index is 2.41. The maximum atomic E-state index is 9.27. The predicted octanol–water partition coefficient (Wildman–Crippen LogP) is 0.495. The van der Waals surface area contributed by atoms with Gasteiger partial charge in [-0.15, -0.1) is 0 Å². The molecule has 2 nitrogen and oxygen atoms in total. The highest BCUT2D eigenvalue weighted by molar-refractivity contribution is 4.80. The molecule has 3 unspecified atom stereocenters. The Labute approximate surface area is 56.1 Å². The molecule has 0 aromatic heterocycles. The summed E-state index contributed by atoms with van der Waals surface area (Å²) in [6.07, 6.45) is 2.97. The Bertz CT molecular complexity index is 84.9. The average Bonchev–Trinajstić information content (AvgIpc) is 1.83. The summed E-state index contributed by atoms with van der Waals surface area (Å²) in [5, 5.41) is 9.27. The fourth-order valence-electron chi connectivity index (χ4n) is 1.37. The third-order valence-corrected chi connectivity index (χ3v) is 2.32. The summed E-state index contributed by atoms with van der Waals surface area (Å²) >= 11 is 0. The van der Waals surface area contributed by atoms with Gasteiger partial charge in [0.05, 0.1) is 6.10 Å². The summed E-state index contributed by atoms with van der Waals surface area (Å²) in [5.41, 5.74) is 5.71. The molecule has 0 aromatic rings. The van der Waals surface area contributed by atoms with Crippen molar-refractivity contribution in [1.29, 1.82) is 0 Å². The van der Waals surface area contributed by atoms with Crippen LogP contribution < -0.4 is 5.73 Å². The molecule has 0 saturated heterocycles. The second kappa shape index (κ2) is 2.67. The molecule has 1 aliphatic rings. The Morgan fingerprint density at radius 1 is 1.44 bits per heavy atom. The number of nitrogens with two attached hydrogens (primary N) is 1. The van der Waals surface area contributed by atoms with E-state index in [-0.39, 0.29) is 12.1 Å². The van der Waals surface area contributed by atoms with Crippen LogP contribution in [0, 0.1) is 5.92 Å². The lowest BCUT2D eigenvalue weighted by Crippen LogP contribution is -2.39. The van der Waals surface area contributed by atoms with E-state index in [1.165, 1.54) is 0 Å². The molecule has 3 atom stereocenters. The van der Waals surface area contributed by atoms with Gasteiger partial charge in [-0.2, -0.15) is 0 Å². The molecule has 9 heavy (non-hydrogen) atoms. The Kier molecular flexibility index (Phi) is 2.09. The van der Waals surface area contributed by atoms with E-state index in [9.17, 15) is 5.11 Å². The highest BCUT2D eigenvalue weighted by Gasteiger charge is 2.24. The lowest BCUT2D eigenvalue weighted by atomic mass is 9.84. The summed E-state index contributed by atoms with van der Waals surface area (Å²) in [4.78, 5) is 0. The largest absolute Gasteiger partial charge is 0.393 e. The molecule has 1 fully saturated rings. The van der Waals surface area contributed by atoms with E-state index in [0.717, 1.165) is 19.3 Å². The number of hydrogen-bond acceptors (Lipinski definition) is 2. The van der Waals surface area contributed by atoms with Gasteiger partial charge < -0.3 is 10.8 Å². The van der Waals surface area contributed by atoms with Crippen LogP contribution in [-0.2, 0) is 0 Å². The van der Waals surface area contributed by atoms with Gasteiger partial charge in [0.15, 0.2) is 0 Å². The summed E-state index contributed by atoms with van der Waals surface area (Å²) in [6.45, 7) is 2.02. The van der Waals surface area contributed by atoms with Gasteiger partial charge in [0.2, 0.25) is 0 Å². The molecule has 0 radical (unpaired) electrons. The third kappa shape index (κ3) is 1.43. The van der Waals surface area contributed by atoms with Gasteiger partial charge in [0.1, 0.15) is 0 Å². The number of hydrogen-bond donors (Lipinski definition) is 2. The predicted molar refractivity (Wildman–Crippen MR) is 37.0 cm³/mol. The highest BCUT2D eigenvalue weighted by atomic mass is 16.3.